The van der Waals surface area contributed by atoms with Crippen LogP contribution in [0.25, 0.3) is 0 Å². The van der Waals surface area contributed by atoms with Crippen LogP contribution >= 0.6 is 0 Å². The van der Waals surface area contributed by atoms with Crippen LogP contribution in [-0.4, -0.2) is 11.2 Å². The molecule has 0 saturated heterocycles. The largest absolute Gasteiger partial charge is 0.394 e. The first-order valence-corrected chi connectivity index (χ1v) is 6.77. The molecule has 19 heavy (non-hydrogen) atoms. The van der Waals surface area contributed by atoms with Gasteiger partial charge in [0.2, 0.25) is 0 Å². The average molecular weight is 268 g/mol. The molecule has 1 aromatic rings. The Morgan fingerprint density at radius 3 is 2.42 bits per heavy atom. The van der Waals surface area contributed by atoms with Crippen LogP contribution in [0.15, 0.2) is 18.3 Å². The molecule has 103 valence electrons. The smallest absolute Gasteiger partial charge is 0.261 e. The Bertz CT molecular complexity index is 455. The van der Waals surface area contributed by atoms with E-state index in [9.17, 15) is 13.2 Å². The summed E-state index contributed by atoms with van der Waals surface area (Å²) in [5.74, 6) is 0.243. The van der Waals surface area contributed by atoms with Crippen molar-refractivity contribution in [2.45, 2.75) is 50.1 Å². The molecule has 0 bridgehead atoms. The van der Waals surface area contributed by atoms with E-state index in [1.807, 2.05) is 12.1 Å². The molecule has 1 atom stereocenters. The number of nitrogens with zero attached hydrogens (tertiary/aromatic N) is 1. The van der Waals surface area contributed by atoms with Gasteiger partial charge in [-0.25, -0.2) is 0 Å². The first-order valence-electron chi connectivity index (χ1n) is 6.77. The number of alkyl halides is 3. The lowest BCUT2D eigenvalue weighted by atomic mass is 9.88. The van der Waals surface area contributed by atoms with Crippen LogP contribution in [-0.2, 0) is 0 Å². The third-order valence-corrected chi connectivity index (χ3v) is 4.37. The van der Waals surface area contributed by atoms with Crippen molar-refractivity contribution >= 4 is 0 Å². The fraction of sp³-hybridized carbons (Fsp3) is 0.600. The van der Waals surface area contributed by atoms with Gasteiger partial charge in [-0.05, 0) is 56.6 Å². The molecular weight excluding hydrogens is 251 g/mol. The van der Waals surface area contributed by atoms with Crippen molar-refractivity contribution < 1.29 is 13.2 Å². The van der Waals surface area contributed by atoms with Crippen molar-refractivity contribution in [3.8, 4) is 0 Å². The molecule has 0 aliphatic heterocycles. The van der Waals surface area contributed by atoms with Crippen LogP contribution in [0.3, 0.4) is 0 Å². The first-order chi connectivity index (χ1) is 8.91. The summed E-state index contributed by atoms with van der Waals surface area (Å²) in [5.41, 5.74) is 0.405. The van der Waals surface area contributed by atoms with E-state index in [4.69, 9.17) is 0 Å². The van der Waals surface area contributed by atoms with Gasteiger partial charge in [-0.2, -0.15) is 13.2 Å². The van der Waals surface area contributed by atoms with Gasteiger partial charge in [0, 0.05) is 17.8 Å². The van der Waals surface area contributed by atoms with Crippen LogP contribution in [0, 0.1) is 12.3 Å². The molecule has 1 radical (unpaired) electrons. The molecule has 2 saturated carbocycles. The van der Waals surface area contributed by atoms with Crippen LogP contribution in [0.2, 0.25) is 0 Å². The van der Waals surface area contributed by atoms with Crippen molar-refractivity contribution in [2.24, 2.45) is 5.41 Å². The third-order valence-electron chi connectivity index (χ3n) is 4.37. The molecule has 1 aromatic heterocycles. The van der Waals surface area contributed by atoms with Gasteiger partial charge in [0.15, 0.2) is 0 Å². The summed E-state index contributed by atoms with van der Waals surface area (Å²) in [5, 5.41) is 0. The third kappa shape index (κ3) is 2.49. The van der Waals surface area contributed by atoms with E-state index in [0.29, 0.717) is 5.92 Å². The second kappa shape index (κ2) is 4.22. The van der Waals surface area contributed by atoms with Crippen LogP contribution in [0.4, 0.5) is 13.2 Å². The molecule has 1 heterocycles. The van der Waals surface area contributed by atoms with Gasteiger partial charge in [0.1, 0.15) is 0 Å². The van der Waals surface area contributed by atoms with Crippen LogP contribution in [0.1, 0.15) is 55.2 Å². The predicted octanol–water partition coefficient (Wildman–Crippen LogP) is 4.61. The van der Waals surface area contributed by atoms with E-state index >= 15 is 0 Å². The maximum Gasteiger partial charge on any atom is 0.394 e. The Morgan fingerprint density at radius 1 is 1.32 bits per heavy atom. The topological polar surface area (TPSA) is 12.9 Å². The zero-order valence-electron chi connectivity index (χ0n) is 10.7. The number of hydrogen-bond acceptors (Lipinski definition) is 1. The SMILES string of the molecule is [CH2]C(CC1(C(F)(F)F)CC1)c1ccc(C2CC2)nc1. The highest BCUT2D eigenvalue weighted by Gasteiger charge is 2.63. The Balaban J connectivity index is 1.68. The zero-order chi connectivity index (χ0) is 13.7. The summed E-state index contributed by atoms with van der Waals surface area (Å²) < 4.78 is 38.7. The highest BCUT2D eigenvalue weighted by molar-refractivity contribution is 5.24. The van der Waals surface area contributed by atoms with Crippen molar-refractivity contribution in [3.05, 3.63) is 36.5 Å². The van der Waals surface area contributed by atoms with Gasteiger partial charge in [0.25, 0.3) is 0 Å². The summed E-state index contributed by atoms with van der Waals surface area (Å²) in [6.07, 6.45) is 0.546. The second-order valence-corrected chi connectivity index (χ2v) is 5.97. The molecule has 1 unspecified atom stereocenters. The van der Waals surface area contributed by atoms with Crippen molar-refractivity contribution in [1.29, 1.82) is 0 Å². The minimum Gasteiger partial charge on any atom is -0.261 e. The fourth-order valence-corrected chi connectivity index (χ4v) is 2.62. The molecule has 2 fully saturated rings. The monoisotopic (exact) mass is 268 g/mol. The Hall–Kier alpha value is -1.06. The van der Waals surface area contributed by atoms with E-state index in [1.54, 1.807) is 6.20 Å². The number of hydrogen-bond donors (Lipinski definition) is 0. The van der Waals surface area contributed by atoms with Gasteiger partial charge >= 0.3 is 6.18 Å². The first kappa shape index (κ1) is 12.9. The van der Waals surface area contributed by atoms with Crippen molar-refractivity contribution in [1.82, 2.24) is 4.98 Å². The number of rotatable bonds is 4. The molecule has 2 aliphatic carbocycles. The maximum absolute atomic E-state index is 12.9. The van der Waals surface area contributed by atoms with E-state index in [2.05, 4.69) is 11.9 Å². The summed E-state index contributed by atoms with van der Waals surface area (Å²) in [7, 11) is 0. The van der Waals surface area contributed by atoms with E-state index < -0.39 is 11.6 Å². The molecule has 1 nitrogen and oxygen atoms in total. The standard InChI is InChI=1S/C15H17F3N/c1-10(8-14(6-7-14)15(16,17)18)12-4-5-13(19-9-12)11-2-3-11/h4-5,9-11H,1-3,6-8H2. The minimum absolute atomic E-state index is 0.0843. The zero-order valence-corrected chi connectivity index (χ0v) is 10.7. The quantitative estimate of drug-likeness (QED) is 0.777. The maximum atomic E-state index is 12.9. The summed E-state index contributed by atoms with van der Waals surface area (Å²) >= 11 is 0. The van der Waals surface area contributed by atoms with Crippen LogP contribution in [0.5, 0.6) is 0 Å². The van der Waals surface area contributed by atoms with E-state index in [-0.39, 0.29) is 25.2 Å². The van der Waals surface area contributed by atoms with Crippen molar-refractivity contribution in [3.63, 3.8) is 0 Å². The molecule has 0 amide bonds. The van der Waals surface area contributed by atoms with Crippen molar-refractivity contribution in [2.75, 3.05) is 0 Å². The summed E-state index contributed by atoms with van der Waals surface area (Å²) in [6, 6.07) is 3.84. The Kier molecular flexibility index (Phi) is 2.88. The highest BCUT2D eigenvalue weighted by atomic mass is 19.4. The van der Waals surface area contributed by atoms with Gasteiger partial charge in [-0.3, -0.25) is 4.98 Å². The molecule has 3 rings (SSSR count). The molecular formula is C15H17F3N. The van der Waals surface area contributed by atoms with E-state index in [1.165, 1.54) is 12.8 Å². The second-order valence-electron chi connectivity index (χ2n) is 5.97. The van der Waals surface area contributed by atoms with Crippen LogP contribution < -0.4 is 0 Å². The molecule has 2 aliphatic rings. The molecule has 0 spiro atoms. The molecule has 4 heteroatoms. The number of aromatic nitrogens is 1. The van der Waals surface area contributed by atoms with Gasteiger partial charge in [0.05, 0.1) is 5.41 Å². The predicted molar refractivity (Wildman–Crippen MR) is 66.6 cm³/mol. The lowest BCUT2D eigenvalue weighted by Gasteiger charge is -2.23. The lowest BCUT2D eigenvalue weighted by Crippen LogP contribution is -2.26. The van der Waals surface area contributed by atoms with Gasteiger partial charge in [-0.1, -0.05) is 6.07 Å². The highest BCUT2D eigenvalue weighted by Crippen LogP contribution is 2.62. The van der Waals surface area contributed by atoms with E-state index in [0.717, 1.165) is 11.3 Å². The Morgan fingerprint density at radius 2 is 2.00 bits per heavy atom. The van der Waals surface area contributed by atoms with Gasteiger partial charge < -0.3 is 0 Å². The number of pyridine rings is 1. The average Bonchev–Trinajstić information content (AvgIpc) is 3.22. The van der Waals surface area contributed by atoms with Gasteiger partial charge in [-0.15, -0.1) is 0 Å². The summed E-state index contributed by atoms with van der Waals surface area (Å²) in [4.78, 5) is 4.35. The summed E-state index contributed by atoms with van der Waals surface area (Å²) in [6.45, 7) is 3.90. The number of halogens is 3. The Labute approximate surface area is 111 Å². The minimum atomic E-state index is -4.09. The fourth-order valence-electron chi connectivity index (χ4n) is 2.62. The molecule has 0 N–H and O–H groups in total. The normalized spacial score (nSPS) is 23.2. The molecule has 0 aromatic carbocycles. The lowest BCUT2D eigenvalue weighted by molar-refractivity contribution is -0.189.